The molecule has 0 saturated heterocycles. The van der Waals surface area contributed by atoms with Gasteiger partial charge in [-0.3, -0.25) is 0 Å². The number of halogens is 3. The van der Waals surface area contributed by atoms with Gasteiger partial charge in [0.15, 0.2) is 0 Å². The van der Waals surface area contributed by atoms with E-state index in [-0.39, 0.29) is 6.54 Å². The molecular weight excluding hydrogens is 285 g/mol. The fourth-order valence-corrected chi connectivity index (χ4v) is 1.57. The second kappa shape index (κ2) is 6.34. The van der Waals surface area contributed by atoms with Crippen molar-refractivity contribution in [1.82, 2.24) is 5.32 Å². The minimum Gasteiger partial charge on any atom is -0.444 e. The average molecular weight is 304 g/mol. The smallest absolute Gasteiger partial charge is 0.416 e. The monoisotopic (exact) mass is 304 g/mol. The summed E-state index contributed by atoms with van der Waals surface area (Å²) in [6, 6.07) is 3.96. The van der Waals surface area contributed by atoms with Gasteiger partial charge in [0.25, 0.3) is 0 Å². The Morgan fingerprint density at radius 1 is 1.33 bits per heavy atom. The highest BCUT2D eigenvalue weighted by Crippen LogP contribution is 2.30. The first-order chi connectivity index (χ1) is 9.49. The molecule has 0 fully saturated rings. The molecule has 0 unspecified atom stereocenters. The molecule has 0 aliphatic carbocycles. The average Bonchev–Trinajstić information content (AvgIpc) is 2.33. The summed E-state index contributed by atoms with van der Waals surface area (Å²) in [5, 5.41) is 2.43. The quantitative estimate of drug-likeness (QED) is 0.901. The molecule has 0 saturated carbocycles. The fraction of sp³-hybridized carbons (Fsp3) is 0.500. The molecule has 4 nitrogen and oxygen atoms in total. The minimum atomic E-state index is -4.42. The standard InChI is InChI=1S/C14H19F3N2O2/c1-13(2,3)21-12(20)19-8-11(18)9-5-4-6-10(7-9)14(15,16)17/h4-7,11H,8,18H2,1-3H3,(H,19,20)/t11-/m0/s1. The Hall–Kier alpha value is -1.76. The van der Waals surface area contributed by atoms with Gasteiger partial charge in [0.05, 0.1) is 5.56 Å². The Bertz CT molecular complexity index is 496. The molecule has 1 amide bonds. The molecule has 0 aliphatic rings. The summed E-state index contributed by atoms with van der Waals surface area (Å²) in [6.45, 7) is 5.11. The first kappa shape index (κ1) is 17.3. The molecule has 3 N–H and O–H groups in total. The summed E-state index contributed by atoms with van der Waals surface area (Å²) in [6.07, 6.45) is -5.08. The lowest BCUT2D eigenvalue weighted by Gasteiger charge is -2.21. The molecule has 1 atom stereocenters. The normalized spacial score (nSPS) is 13.7. The summed E-state index contributed by atoms with van der Waals surface area (Å²) in [5.74, 6) is 0. The molecule has 0 spiro atoms. The van der Waals surface area contributed by atoms with E-state index >= 15 is 0 Å². The van der Waals surface area contributed by atoms with Crippen molar-refractivity contribution in [3.63, 3.8) is 0 Å². The van der Waals surface area contributed by atoms with Crippen molar-refractivity contribution >= 4 is 6.09 Å². The van der Waals surface area contributed by atoms with Gasteiger partial charge in [0.2, 0.25) is 0 Å². The molecule has 0 radical (unpaired) electrons. The highest BCUT2D eigenvalue weighted by atomic mass is 19.4. The van der Waals surface area contributed by atoms with Crippen molar-refractivity contribution in [2.45, 2.75) is 38.6 Å². The van der Waals surface area contributed by atoms with Crippen LogP contribution in [0.15, 0.2) is 24.3 Å². The van der Waals surface area contributed by atoms with Crippen LogP contribution < -0.4 is 11.1 Å². The predicted molar refractivity (Wildman–Crippen MR) is 72.6 cm³/mol. The topological polar surface area (TPSA) is 64.3 Å². The molecule has 0 bridgehead atoms. The summed E-state index contributed by atoms with van der Waals surface area (Å²) in [4.78, 5) is 11.5. The van der Waals surface area contributed by atoms with Gasteiger partial charge in [-0.15, -0.1) is 0 Å². The number of carbonyl (C=O) groups is 1. The number of amides is 1. The van der Waals surface area contributed by atoms with E-state index in [1.165, 1.54) is 12.1 Å². The van der Waals surface area contributed by atoms with Crippen LogP contribution in [0.4, 0.5) is 18.0 Å². The molecule has 0 aromatic heterocycles. The first-order valence-corrected chi connectivity index (χ1v) is 6.38. The zero-order chi connectivity index (χ0) is 16.3. The van der Waals surface area contributed by atoms with Gasteiger partial charge in [-0.25, -0.2) is 4.79 Å². The van der Waals surface area contributed by atoms with Crippen molar-refractivity contribution in [3.8, 4) is 0 Å². The van der Waals surface area contributed by atoms with Crippen molar-refractivity contribution in [2.75, 3.05) is 6.54 Å². The Morgan fingerprint density at radius 3 is 2.48 bits per heavy atom. The third-order valence-electron chi connectivity index (χ3n) is 2.51. The number of alkyl halides is 3. The van der Waals surface area contributed by atoms with E-state index in [9.17, 15) is 18.0 Å². The van der Waals surface area contributed by atoms with Crippen LogP contribution in [0.25, 0.3) is 0 Å². The van der Waals surface area contributed by atoms with Crippen LogP contribution in [0.3, 0.4) is 0 Å². The Kier molecular flexibility index (Phi) is 5.22. The first-order valence-electron chi connectivity index (χ1n) is 6.38. The van der Waals surface area contributed by atoms with Crippen molar-refractivity contribution in [2.24, 2.45) is 5.73 Å². The molecule has 1 rings (SSSR count). The molecule has 1 aromatic rings. The Balaban J connectivity index is 2.64. The zero-order valence-corrected chi connectivity index (χ0v) is 12.1. The maximum Gasteiger partial charge on any atom is 0.416 e. The van der Waals surface area contributed by atoms with Crippen LogP contribution >= 0.6 is 0 Å². The third kappa shape index (κ3) is 6.03. The van der Waals surface area contributed by atoms with Crippen molar-refractivity contribution in [1.29, 1.82) is 0 Å². The lowest BCUT2D eigenvalue weighted by molar-refractivity contribution is -0.137. The molecule has 0 heterocycles. The van der Waals surface area contributed by atoms with E-state index in [0.29, 0.717) is 5.56 Å². The molecular formula is C14H19F3N2O2. The summed E-state index contributed by atoms with van der Waals surface area (Å²) < 4.78 is 42.8. The van der Waals surface area contributed by atoms with Crippen LogP contribution in [-0.4, -0.2) is 18.2 Å². The molecule has 118 valence electrons. The van der Waals surface area contributed by atoms with Crippen LogP contribution in [0.5, 0.6) is 0 Å². The lowest BCUT2D eigenvalue weighted by atomic mass is 10.0. The Labute approximate surface area is 121 Å². The maximum atomic E-state index is 12.6. The van der Waals surface area contributed by atoms with Gasteiger partial charge in [-0.05, 0) is 38.5 Å². The largest absolute Gasteiger partial charge is 0.444 e. The highest BCUT2D eigenvalue weighted by molar-refractivity contribution is 5.67. The van der Waals surface area contributed by atoms with Crippen LogP contribution in [0.2, 0.25) is 0 Å². The van der Waals surface area contributed by atoms with Gasteiger partial charge in [0, 0.05) is 12.6 Å². The van der Waals surface area contributed by atoms with Gasteiger partial charge >= 0.3 is 12.3 Å². The number of benzene rings is 1. The maximum absolute atomic E-state index is 12.6. The second-order valence-corrected chi connectivity index (χ2v) is 5.61. The fourth-order valence-electron chi connectivity index (χ4n) is 1.57. The van der Waals surface area contributed by atoms with Gasteiger partial charge < -0.3 is 15.8 Å². The second-order valence-electron chi connectivity index (χ2n) is 5.61. The number of alkyl carbamates (subject to hydrolysis) is 1. The zero-order valence-electron chi connectivity index (χ0n) is 12.1. The number of nitrogens with one attached hydrogen (secondary N) is 1. The van der Waals surface area contributed by atoms with Gasteiger partial charge in [0.1, 0.15) is 5.60 Å². The highest BCUT2D eigenvalue weighted by Gasteiger charge is 2.30. The number of nitrogens with two attached hydrogens (primary N) is 1. The number of ether oxygens (including phenoxy) is 1. The third-order valence-corrected chi connectivity index (χ3v) is 2.51. The SMILES string of the molecule is CC(C)(C)OC(=O)NC[C@H](N)c1cccc(C(F)(F)F)c1. The van der Waals surface area contributed by atoms with Crippen LogP contribution in [0, 0.1) is 0 Å². The molecule has 21 heavy (non-hydrogen) atoms. The van der Waals surface area contributed by atoms with Crippen LogP contribution in [-0.2, 0) is 10.9 Å². The summed E-state index contributed by atoms with van der Waals surface area (Å²) >= 11 is 0. The Morgan fingerprint density at radius 2 is 1.95 bits per heavy atom. The van der Waals surface area contributed by atoms with Gasteiger partial charge in [-0.1, -0.05) is 12.1 Å². The summed E-state index contributed by atoms with van der Waals surface area (Å²) in [7, 11) is 0. The van der Waals surface area contributed by atoms with E-state index in [1.807, 2.05) is 0 Å². The van der Waals surface area contributed by atoms with Crippen LogP contribution in [0.1, 0.15) is 37.9 Å². The number of hydrogen-bond acceptors (Lipinski definition) is 3. The van der Waals surface area contributed by atoms with Crippen molar-refractivity contribution in [3.05, 3.63) is 35.4 Å². The lowest BCUT2D eigenvalue weighted by Crippen LogP contribution is -2.36. The summed E-state index contributed by atoms with van der Waals surface area (Å²) in [5.41, 5.74) is 4.66. The predicted octanol–water partition coefficient (Wildman–Crippen LogP) is 3.23. The van der Waals surface area contributed by atoms with Crippen molar-refractivity contribution < 1.29 is 22.7 Å². The molecule has 0 aliphatic heterocycles. The minimum absolute atomic E-state index is 0.0176. The number of carbonyl (C=O) groups excluding carboxylic acids is 1. The van der Waals surface area contributed by atoms with E-state index in [0.717, 1.165) is 12.1 Å². The number of rotatable bonds is 3. The molecule has 7 heteroatoms. The van der Waals surface area contributed by atoms with E-state index in [1.54, 1.807) is 20.8 Å². The van der Waals surface area contributed by atoms with E-state index in [2.05, 4.69) is 5.32 Å². The molecule has 1 aromatic carbocycles. The van der Waals surface area contributed by atoms with E-state index in [4.69, 9.17) is 10.5 Å². The van der Waals surface area contributed by atoms with Gasteiger partial charge in [-0.2, -0.15) is 13.2 Å². The number of hydrogen-bond donors (Lipinski definition) is 2. The van der Waals surface area contributed by atoms with E-state index < -0.39 is 29.5 Å².